The lowest BCUT2D eigenvalue weighted by Crippen LogP contribution is -2.35. The van der Waals surface area contributed by atoms with Crippen molar-refractivity contribution in [3.8, 4) is 0 Å². The number of carbonyl (C=O) groups excluding carboxylic acids is 2. The minimum absolute atomic E-state index is 0.0119. The fraction of sp³-hybridized carbons (Fsp3) is 0.417. The Morgan fingerprint density at radius 2 is 2.37 bits per heavy atom. The average Bonchev–Trinajstić information content (AvgIpc) is 2.86. The summed E-state index contributed by atoms with van der Waals surface area (Å²) in [4.78, 5) is 30.4. The Morgan fingerprint density at radius 3 is 3.21 bits per heavy atom. The molecule has 1 N–H and O–H groups in total. The number of aromatic nitrogens is 2. The summed E-state index contributed by atoms with van der Waals surface area (Å²) in [6, 6.07) is 0. The van der Waals surface area contributed by atoms with E-state index < -0.39 is 0 Å². The number of hydrogen-bond donors (Lipinski definition) is 1. The molecule has 1 saturated heterocycles. The number of nitrogens with zero attached hydrogens (tertiary/aromatic N) is 3. The van der Waals surface area contributed by atoms with Gasteiger partial charge in [-0.3, -0.25) is 14.0 Å². The molecule has 0 atom stereocenters. The van der Waals surface area contributed by atoms with E-state index in [4.69, 9.17) is 0 Å². The molecule has 19 heavy (non-hydrogen) atoms. The number of nitrogens with one attached hydrogen (secondary N) is 1. The largest absolute Gasteiger partial charge is 0.354 e. The van der Waals surface area contributed by atoms with E-state index in [1.807, 2.05) is 22.2 Å². The van der Waals surface area contributed by atoms with E-state index in [0.717, 1.165) is 10.7 Å². The Bertz CT molecular complexity index is 590. The summed E-state index contributed by atoms with van der Waals surface area (Å²) < 4.78 is 1.92. The molecular weight excluding hydrogens is 264 g/mol. The van der Waals surface area contributed by atoms with E-state index in [2.05, 4.69) is 10.3 Å². The second kappa shape index (κ2) is 5.00. The number of carbonyl (C=O) groups is 2. The van der Waals surface area contributed by atoms with Crippen LogP contribution in [0.4, 0.5) is 0 Å². The van der Waals surface area contributed by atoms with E-state index in [-0.39, 0.29) is 11.8 Å². The van der Waals surface area contributed by atoms with E-state index in [9.17, 15) is 9.59 Å². The molecule has 3 heterocycles. The van der Waals surface area contributed by atoms with Crippen molar-refractivity contribution in [2.75, 3.05) is 19.6 Å². The highest BCUT2D eigenvalue weighted by Gasteiger charge is 2.19. The zero-order valence-electron chi connectivity index (χ0n) is 10.3. The molecule has 3 rings (SSSR count). The van der Waals surface area contributed by atoms with Gasteiger partial charge in [0, 0.05) is 43.8 Å². The smallest absolute Gasteiger partial charge is 0.228 e. The topological polar surface area (TPSA) is 66.7 Å². The average molecular weight is 278 g/mol. The summed E-state index contributed by atoms with van der Waals surface area (Å²) in [6.45, 7) is 1.60. The van der Waals surface area contributed by atoms with Crippen LogP contribution in [0.2, 0.25) is 0 Å². The van der Waals surface area contributed by atoms with Crippen molar-refractivity contribution >= 4 is 28.1 Å². The van der Waals surface area contributed by atoms with Crippen LogP contribution in [0.15, 0.2) is 17.8 Å². The van der Waals surface area contributed by atoms with Gasteiger partial charge in [0.1, 0.15) is 0 Å². The highest BCUT2D eigenvalue weighted by Crippen LogP contribution is 2.12. The van der Waals surface area contributed by atoms with Gasteiger partial charge in [-0.1, -0.05) is 0 Å². The summed E-state index contributed by atoms with van der Waals surface area (Å²) in [5.74, 6) is 0.0417. The first kappa shape index (κ1) is 12.2. The van der Waals surface area contributed by atoms with Gasteiger partial charge in [-0.05, 0) is 0 Å². The quantitative estimate of drug-likeness (QED) is 0.858. The molecule has 2 aromatic rings. The predicted octanol–water partition coefficient (Wildman–Crippen LogP) is 0.287. The maximum Gasteiger partial charge on any atom is 0.228 e. The lowest BCUT2D eigenvalue weighted by atomic mass is 10.3. The van der Waals surface area contributed by atoms with Crippen molar-refractivity contribution < 1.29 is 9.59 Å². The Kier molecular flexibility index (Phi) is 3.20. The number of fused-ring (bicyclic) bond motifs is 1. The molecule has 0 bridgehead atoms. The second-order valence-corrected chi connectivity index (χ2v) is 5.36. The molecule has 0 saturated carbocycles. The van der Waals surface area contributed by atoms with Crippen molar-refractivity contribution in [2.24, 2.45) is 0 Å². The summed E-state index contributed by atoms with van der Waals surface area (Å²) in [5, 5.41) is 4.72. The van der Waals surface area contributed by atoms with Crippen LogP contribution in [0.3, 0.4) is 0 Å². The Hall–Kier alpha value is -1.89. The van der Waals surface area contributed by atoms with E-state index in [1.54, 1.807) is 16.2 Å². The molecule has 0 spiro atoms. The summed E-state index contributed by atoms with van der Waals surface area (Å²) >= 11 is 1.55. The zero-order valence-corrected chi connectivity index (χ0v) is 11.2. The molecule has 2 aromatic heterocycles. The lowest BCUT2D eigenvalue weighted by molar-refractivity contribution is -0.130. The van der Waals surface area contributed by atoms with Gasteiger partial charge in [0.2, 0.25) is 11.8 Å². The minimum atomic E-state index is 0.0119. The molecule has 1 aliphatic heterocycles. The number of hydrogen-bond acceptors (Lipinski definition) is 4. The number of rotatable bonds is 2. The molecule has 1 aliphatic rings. The van der Waals surface area contributed by atoms with Gasteiger partial charge in [0.15, 0.2) is 4.96 Å². The second-order valence-electron chi connectivity index (χ2n) is 4.48. The highest BCUT2D eigenvalue weighted by molar-refractivity contribution is 7.15. The number of thiazole rings is 1. The van der Waals surface area contributed by atoms with Crippen molar-refractivity contribution in [1.82, 2.24) is 19.6 Å². The molecule has 0 aliphatic carbocycles. The van der Waals surface area contributed by atoms with Crippen molar-refractivity contribution in [1.29, 1.82) is 0 Å². The third-order valence-corrected chi connectivity index (χ3v) is 3.91. The third kappa shape index (κ3) is 2.60. The van der Waals surface area contributed by atoms with E-state index in [1.165, 1.54) is 0 Å². The van der Waals surface area contributed by atoms with Gasteiger partial charge in [0.05, 0.1) is 12.1 Å². The molecule has 0 unspecified atom stereocenters. The van der Waals surface area contributed by atoms with Gasteiger partial charge in [-0.15, -0.1) is 11.3 Å². The SMILES string of the molecule is O=C1CCN(C(=O)Cc2cn3ccsc3n2)CCN1. The van der Waals surface area contributed by atoms with E-state index in [0.29, 0.717) is 32.5 Å². The minimum Gasteiger partial charge on any atom is -0.354 e. The van der Waals surface area contributed by atoms with Crippen LogP contribution in [0.1, 0.15) is 12.1 Å². The molecule has 7 heteroatoms. The molecule has 0 radical (unpaired) electrons. The maximum absolute atomic E-state index is 12.2. The standard InChI is InChI=1S/C12H14N4O2S/c17-10-1-3-15(4-2-13-10)11(18)7-9-8-16-5-6-19-12(16)14-9/h5-6,8H,1-4,7H2,(H,13,17). The number of amides is 2. The molecule has 2 amide bonds. The summed E-state index contributed by atoms with van der Waals surface area (Å²) in [6.07, 6.45) is 4.48. The fourth-order valence-electron chi connectivity index (χ4n) is 2.14. The first-order valence-electron chi connectivity index (χ1n) is 6.18. The van der Waals surface area contributed by atoms with Crippen LogP contribution < -0.4 is 5.32 Å². The van der Waals surface area contributed by atoms with Crippen LogP contribution in [-0.2, 0) is 16.0 Å². The maximum atomic E-state index is 12.2. The van der Waals surface area contributed by atoms with Gasteiger partial charge in [-0.2, -0.15) is 0 Å². The first-order valence-corrected chi connectivity index (χ1v) is 7.06. The van der Waals surface area contributed by atoms with Gasteiger partial charge < -0.3 is 10.2 Å². The Balaban J connectivity index is 1.67. The normalized spacial score (nSPS) is 16.4. The predicted molar refractivity (Wildman–Crippen MR) is 71.0 cm³/mol. The first-order chi connectivity index (χ1) is 9.22. The molecule has 100 valence electrons. The monoisotopic (exact) mass is 278 g/mol. The number of imidazole rings is 1. The van der Waals surface area contributed by atoms with Gasteiger partial charge in [0.25, 0.3) is 0 Å². The Labute approximate surface area is 114 Å². The van der Waals surface area contributed by atoms with Crippen molar-refractivity contribution in [3.05, 3.63) is 23.5 Å². The van der Waals surface area contributed by atoms with Crippen LogP contribution in [0, 0.1) is 0 Å². The summed E-state index contributed by atoms with van der Waals surface area (Å²) in [5.41, 5.74) is 0.778. The van der Waals surface area contributed by atoms with Crippen LogP contribution in [-0.4, -0.2) is 45.7 Å². The Morgan fingerprint density at radius 1 is 1.47 bits per heavy atom. The van der Waals surface area contributed by atoms with Crippen LogP contribution in [0.25, 0.3) is 4.96 Å². The van der Waals surface area contributed by atoms with Crippen molar-refractivity contribution in [3.63, 3.8) is 0 Å². The van der Waals surface area contributed by atoms with Gasteiger partial charge >= 0.3 is 0 Å². The lowest BCUT2D eigenvalue weighted by Gasteiger charge is -2.18. The third-order valence-electron chi connectivity index (χ3n) is 3.14. The fourth-order valence-corrected chi connectivity index (χ4v) is 2.86. The van der Waals surface area contributed by atoms with Crippen LogP contribution in [0.5, 0.6) is 0 Å². The van der Waals surface area contributed by atoms with E-state index >= 15 is 0 Å². The molecule has 6 nitrogen and oxygen atoms in total. The highest BCUT2D eigenvalue weighted by atomic mass is 32.1. The van der Waals surface area contributed by atoms with Gasteiger partial charge in [-0.25, -0.2) is 4.98 Å². The zero-order chi connectivity index (χ0) is 13.2. The molecule has 0 aromatic carbocycles. The van der Waals surface area contributed by atoms with Crippen LogP contribution >= 0.6 is 11.3 Å². The van der Waals surface area contributed by atoms with Crippen molar-refractivity contribution in [2.45, 2.75) is 12.8 Å². The molecular formula is C12H14N4O2S. The molecule has 1 fully saturated rings. The summed E-state index contributed by atoms with van der Waals surface area (Å²) in [7, 11) is 0.